The zero-order chi connectivity index (χ0) is 24.5. The van der Waals surface area contributed by atoms with Gasteiger partial charge in [0.2, 0.25) is 10.9 Å². The largest absolute Gasteiger partial charge is 0.493 e. The van der Waals surface area contributed by atoms with E-state index in [1.165, 1.54) is 16.2 Å². The lowest BCUT2D eigenvalue weighted by Crippen LogP contribution is -2.29. The molecular weight excluding hydrogens is 466 g/mol. The first-order chi connectivity index (χ1) is 17.0. The van der Waals surface area contributed by atoms with Gasteiger partial charge in [0.15, 0.2) is 16.9 Å². The van der Waals surface area contributed by atoms with Crippen LogP contribution >= 0.6 is 11.3 Å². The molecule has 1 aliphatic rings. The number of benzene rings is 2. The molecule has 35 heavy (non-hydrogen) atoms. The first-order valence-corrected chi connectivity index (χ1v) is 12.3. The van der Waals surface area contributed by atoms with Crippen LogP contribution in [-0.2, 0) is 0 Å². The Morgan fingerprint density at radius 2 is 1.91 bits per heavy atom. The molecular formula is C26H25N3O5S. The van der Waals surface area contributed by atoms with Gasteiger partial charge in [0.25, 0.3) is 5.91 Å². The average Bonchev–Trinajstić information content (AvgIpc) is 3.42. The van der Waals surface area contributed by atoms with Crippen molar-refractivity contribution in [3.05, 3.63) is 74.6 Å². The van der Waals surface area contributed by atoms with Crippen LogP contribution in [0.3, 0.4) is 0 Å². The number of nitrogens with zero attached hydrogens (tertiary/aromatic N) is 3. The molecule has 1 aliphatic heterocycles. The minimum Gasteiger partial charge on any atom is -0.493 e. The summed E-state index contributed by atoms with van der Waals surface area (Å²) in [5.74, 6) is 0.729. The number of rotatable bonds is 8. The summed E-state index contributed by atoms with van der Waals surface area (Å²) in [6.45, 7) is 4.54. The van der Waals surface area contributed by atoms with E-state index in [0.717, 1.165) is 19.3 Å². The number of fused-ring (bicyclic) bond motifs is 2. The molecule has 2 aromatic carbocycles. The van der Waals surface area contributed by atoms with Crippen LogP contribution in [0.1, 0.15) is 58.9 Å². The predicted octanol–water partition coefficient (Wildman–Crippen LogP) is 5.28. The summed E-state index contributed by atoms with van der Waals surface area (Å²) < 4.78 is 17.5. The van der Waals surface area contributed by atoms with Crippen LogP contribution in [0.4, 0.5) is 5.13 Å². The Morgan fingerprint density at radius 1 is 1.09 bits per heavy atom. The number of anilines is 1. The van der Waals surface area contributed by atoms with Gasteiger partial charge in [-0.25, -0.2) is 0 Å². The van der Waals surface area contributed by atoms with Gasteiger partial charge < -0.3 is 13.9 Å². The minimum atomic E-state index is -0.742. The quantitative estimate of drug-likeness (QED) is 0.310. The molecule has 0 saturated carbocycles. The van der Waals surface area contributed by atoms with Gasteiger partial charge in [-0.1, -0.05) is 49.3 Å². The Kier molecular flexibility index (Phi) is 6.25. The van der Waals surface area contributed by atoms with E-state index >= 15 is 0 Å². The van der Waals surface area contributed by atoms with Crippen molar-refractivity contribution in [2.75, 3.05) is 18.6 Å². The maximum absolute atomic E-state index is 13.6. The fourth-order valence-electron chi connectivity index (χ4n) is 4.32. The lowest BCUT2D eigenvalue weighted by Gasteiger charge is -2.23. The number of amides is 1. The predicted molar refractivity (Wildman–Crippen MR) is 134 cm³/mol. The van der Waals surface area contributed by atoms with Crippen LogP contribution in [0.15, 0.2) is 51.7 Å². The minimum absolute atomic E-state index is 0.0189. The van der Waals surface area contributed by atoms with E-state index in [9.17, 15) is 9.59 Å². The number of unbranched alkanes of at least 4 members (excludes halogenated alkanes) is 2. The number of ether oxygens (including phenoxy) is 2. The Balaban J connectivity index is 1.65. The van der Waals surface area contributed by atoms with Gasteiger partial charge in [-0.2, -0.15) is 0 Å². The molecule has 0 saturated heterocycles. The smallest absolute Gasteiger partial charge is 0.297 e. The zero-order valence-electron chi connectivity index (χ0n) is 19.7. The summed E-state index contributed by atoms with van der Waals surface area (Å²) in [5, 5.41) is 9.80. The van der Waals surface area contributed by atoms with Crippen molar-refractivity contribution in [2.45, 2.75) is 39.2 Å². The highest BCUT2D eigenvalue weighted by Gasteiger charge is 2.45. The van der Waals surface area contributed by atoms with E-state index in [4.69, 9.17) is 13.9 Å². The lowest BCUT2D eigenvalue weighted by molar-refractivity contribution is 0.0970. The summed E-state index contributed by atoms with van der Waals surface area (Å²) in [5.41, 5.74) is 1.08. The number of para-hydroxylation sites is 1. The Hall–Kier alpha value is -3.72. The molecule has 8 nitrogen and oxygen atoms in total. The second-order valence-electron chi connectivity index (χ2n) is 8.32. The van der Waals surface area contributed by atoms with Crippen molar-refractivity contribution in [1.29, 1.82) is 0 Å². The molecule has 5 rings (SSSR count). The van der Waals surface area contributed by atoms with Gasteiger partial charge >= 0.3 is 0 Å². The Morgan fingerprint density at radius 3 is 2.66 bits per heavy atom. The molecule has 0 radical (unpaired) electrons. The molecule has 1 amide bonds. The SMILES string of the molecule is CCCCCOc1ccc([C@H]2c3c(oc4ccccc4c3=O)C(=O)N2c2nnc(C)s2)cc1OC. The molecule has 4 aromatic rings. The summed E-state index contributed by atoms with van der Waals surface area (Å²) in [6.07, 6.45) is 3.14. The van der Waals surface area contributed by atoms with Crippen molar-refractivity contribution >= 4 is 33.3 Å². The number of hydrogen-bond donors (Lipinski definition) is 0. The van der Waals surface area contributed by atoms with E-state index in [0.29, 0.717) is 44.8 Å². The number of aromatic nitrogens is 2. The topological polar surface area (TPSA) is 94.8 Å². The van der Waals surface area contributed by atoms with Gasteiger partial charge in [-0.15, -0.1) is 10.2 Å². The van der Waals surface area contributed by atoms with Gasteiger partial charge in [0.05, 0.1) is 30.7 Å². The van der Waals surface area contributed by atoms with Crippen LogP contribution in [0.2, 0.25) is 0 Å². The summed E-state index contributed by atoms with van der Waals surface area (Å²) in [6, 6.07) is 11.7. The number of hydrogen-bond acceptors (Lipinski definition) is 8. The van der Waals surface area contributed by atoms with Crippen LogP contribution < -0.4 is 19.8 Å². The zero-order valence-corrected chi connectivity index (χ0v) is 20.6. The molecule has 0 unspecified atom stereocenters. The standard InChI is InChI=1S/C26H25N3O5S/c1-4-5-8-13-33-19-12-11-16(14-20(19)32-3)22-21-23(30)17-9-6-7-10-18(17)34-24(21)25(31)29(22)26-28-27-15(2)35-26/h6-7,9-12,14,22H,4-5,8,13H2,1-3H3/t22-/m0/s1. The molecule has 1 atom stereocenters. The van der Waals surface area contributed by atoms with Crippen molar-refractivity contribution in [2.24, 2.45) is 0 Å². The third-order valence-electron chi connectivity index (χ3n) is 6.01. The van der Waals surface area contributed by atoms with Gasteiger partial charge in [-0.05, 0) is 43.2 Å². The third kappa shape index (κ3) is 4.05. The number of carbonyl (C=O) groups is 1. The molecule has 0 N–H and O–H groups in total. The van der Waals surface area contributed by atoms with Crippen molar-refractivity contribution in [3.8, 4) is 11.5 Å². The Bertz CT molecular complexity index is 1460. The fourth-order valence-corrected chi connectivity index (χ4v) is 5.04. The summed E-state index contributed by atoms with van der Waals surface area (Å²) >= 11 is 1.28. The molecule has 0 spiro atoms. The summed E-state index contributed by atoms with van der Waals surface area (Å²) in [4.78, 5) is 28.7. The molecule has 3 heterocycles. The highest BCUT2D eigenvalue weighted by atomic mass is 32.1. The van der Waals surface area contributed by atoms with Gasteiger partial charge in [-0.3, -0.25) is 14.5 Å². The van der Waals surface area contributed by atoms with Crippen molar-refractivity contribution in [1.82, 2.24) is 10.2 Å². The van der Waals surface area contributed by atoms with Gasteiger partial charge in [0, 0.05) is 0 Å². The van der Waals surface area contributed by atoms with Crippen LogP contribution in [0, 0.1) is 6.92 Å². The molecule has 9 heteroatoms. The number of aryl methyl sites for hydroxylation is 1. The second kappa shape index (κ2) is 9.50. The second-order valence-corrected chi connectivity index (χ2v) is 9.48. The molecule has 0 fully saturated rings. The van der Waals surface area contributed by atoms with E-state index in [1.54, 1.807) is 37.4 Å². The van der Waals surface area contributed by atoms with E-state index in [2.05, 4.69) is 17.1 Å². The average molecular weight is 492 g/mol. The third-order valence-corrected chi connectivity index (χ3v) is 6.85. The van der Waals surface area contributed by atoms with Crippen LogP contribution in [-0.4, -0.2) is 29.8 Å². The molecule has 180 valence electrons. The van der Waals surface area contributed by atoms with Crippen molar-refractivity contribution < 1.29 is 18.7 Å². The van der Waals surface area contributed by atoms with Crippen LogP contribution in [0.25, 0.3) is 11.0 Å². The fraction of sp³-hybridized carbons (Fsp3) is 0.308. The molecule has 2 aromatic heterocycles. The lowest BCUT2D eigenvalue weighted by atomic mass is 9.98. The number of methoxy groups -OCH3 is 1. The maximum atomic E-state index is 13.6. The van der Waals surface area contributed by atoms with E-state index in [-0.39, 0.29) is 16.8 Å². The van der Waals surface area contributed by atoms with Crippen LogP contribution in [0.5, 0.6) is 11.5 Å². The van der Waals surface area contributed by atoms with E-state index < -0.39 is 11.9 Å². The maximum Gasteiger partial charge on any atom is 0.297 e. The Labute approximate surface area is 206 Å². The first-order valence-electron chi connectivity index (χ1n) is 11.5. The highest BCUT2D eigenvalue weighted by Crippen LogP contribution is 2.43. The van der Waals surface area contributed by atoms with Crippen molar-refractivity contribution in [3.63, 3.8) is 0 Å². The monoisotopic (exact) mass is 491 g/mol. The van der Waals surface area contributed by atoms with E-state index in [1.807, 2.05) is 19.1 Å². The molecule has 0 aliphatic carbocycles. The number of carbonyl (C=O) groups excluding carboxylic acids is 1. The first kappa shape index (κ1) is 23.0. The molecule has 0 bridgehead atoms. The highest BCUT2D eigenvalue weighted by molar-refractivity contribution is 7.15. The summed E-state index contributed by atoms with van der Waals surface area (Å²) in [7, 11) is 1.57. The van der Waals surface area contributed by atoms with Gasteiger partial charge in [0.1, 0.15) is 10.6 Å². The normalized spacial score (nSPS) is 15.0.